The van der Waals surface area contributed by atoms with E-state index in [-0.39, 0.29) is 17.6 Å². The number of aromatic amines is 1. The molecular formula is C21H20FN3O2. The van der Waals surface area contributed by atoms with Gasteiger partial charge >= 0.3 is 0 Å². The molecule has 2 N–H and O–H groups in total. The van der Waals surface area contributed by atoms with Crippen molar-refractivity contribution in [2.75, 3.05) is 6.54 Å². The molecule has 3 aromatic rings. The second-order valence-electron chi connectivity index (χ2n) is 6.97. The predicted octanol–water partition coefficient (Wildman–Crippen LogP) is 3.15. The molecule has 5 nitrogen and oxygen atoms in total. The Hall–Kier alpha value is -3.15. The number of halogens is 1. The molecular weight excluding hydrogens is 345 g/mol. The van der Waals surface area contributed by atoms with Gasteiger partial charge in [-0.15, -0.1) is 0 Å². The van der Waals surface area contributed by atoms with Crippen LogP contribution in [0.4, 0.5) is 4.39 Å². The van der Waals surface area contributed by atoms with Crippen molar-refractivity contribution in [3.05, 3.63) is 71.2 Å². The minimum Gasteiger partial charge on any atom is -0.351 e. The number of nitrogens with one attached hydrogen (secondary N) is 2. The van der Waals surface area contributed by atoms with Crippen LogP contribution in [0.3, 0.4) is 0 Å². The predicted molar refractivity (Wildman–Crippen MR) is 101 cm³/mol. The highest BCUT2D eigenvalue weighted by Crippen LogP contribution is 2.19. The molecule has 6 heteroatoms. The maximum Gasteiger partial charge on any atom is 0.268 e. The minimum atomic E-state index is -0.536. The van der Waals surface area contributed by atoms with Crippen molar-refractivity contribution < 1.29 is 14.0 Å². The summed E-state index contributed by atoms with van der Waals surface area (Å²) in [6.45, 7) is 2.97. The Kier molecular flexibility index (Phi) is 4.39. The number of hydrogen-bond donors (Lipinski definition) is 2. The molecule has 4 rings (SSSR count). The number of hydrogen-bond acceptors (Lipinski definition) is 2. The molecule has 1 aliphatic rings. The van der Waals surface area contributed by atoms with Gasteiger partial charge in [0.25, 0.3) is 5.91 Å². The first kappa shape index (κ1) is 17.3. The molecule has 0 radical (unpaired) electrons. The number of benzene rings is 2. The van der Waals surface area contributed by atoms with Crippen molar-refractivity contribution in [2.45, 2.75) is 25.9 Å². The van der Waals surface area contributed by atoms with Gasteiger partial charge in [-0.05, 0) is 48.7 Å². The first-order chi connectivity index (χ1) is 13.0. The number of likely N-dealkylation sites (tertiary alicyclic amines) is 1. The number of rotatable bonds is 4. The van der Waals surface area contributed by atoms with Crippen LogP contribution < -0.4 is 5.32 Å². The summed E-state index contributed by atoms with van der Waals surface area (Å²) < 4.78 is 13.0. The van der Waals surface area contributed by atoms with Crippen LogP contribution >= 0.6 is 0 Å². The maximum absolute atomic E-state index is 13.0. The summed E-state index contributed by atoms with van der Waals surface area (Å²) >= 11 is 0. The monoisotopic (exact) mass is 365 g/mol. The van der Waals surface area contributed by atoms with Gasteiger partial charge in [0, 0.05) is 24.0 Å². The molecule has 138 valence electrons. The third-order valence-corrected chi connectivity index (χ3v) is 4.91. The number of amides is 2. The van der Waals surface area contributed by atoms with Crippen LogP contribution in [0.5, 0.6) is 0 Å². The SMILES string of the molecule is Cc1ccc2cc(C(=O)N[C@@H]3CCN(Cc4ccc(F)cc4)C3=O)[nH]c2c1. The topological polar surface area (TPSA) is 65.2 Å². The van der Waals surface area contributed by atoms with Crippen LogP contribution in [0.1, 0.15) is 28.0 Å². The molecule has 27 heavy (non-hydrogen) atoms. The van der Waals surface area contributed by atoms with Gasteiger partial charge in [-0.25, -0.2) is 4.39 Å². The fourth-order valence-corrected chi connectivity index (χ4v) is 3.44. The van der Waals surface area contributed by atoms with Crippen LogP contribution in [0.2, 0.25) is 0 Å². The van der Waals surface area contributed by atoms with E-state index in [0.29, 0.717) is 25.2 Å². The van der Waals surface area contributed by atoms with E-state index in [0.717, 1.165) is 22.0 Å². The van der Waals surface area contributed by atoms with E-state index in [4.69, 9.17) is 0 Å². The minimum absolute atomic E-state index is 0.111. The highest BCUT2D eigenvalue weighted by molar-refractivity contribution is 6.00. The molecule has 2 aromatic carbocycles. The van der Waals surface area contributed by atoms with Gasteiger partial charge in [-0.2, -0.15) is 0 Å². The fourth-order valence-electron chi connectivity index (χ4n) is 3.44. The second kappa shape index (κ2) is 6.87. The van der Waals surface area contributed by atoms with Crippen LogP contribution in [0, 0.1) is 12.7 Å². The van der Waals surface area contributed by atoms with Gasteiger partial charge in [-0.3, -0.25) is 9.59 Å². The van der Waals surface area contributed by atoms with E-state index < -0.39 is 6.04 Å². The van der Waals surface area contributed by atoms with Crippen molar-refractivity contribution in [1.29, 1.82) is 0 Å². The molecule has 0 bridgehead atoms. The Morgan fingerprint density at radius 2 is 2.00 bits per heavy atom. The Balaban J connectivity index is 1.42. The number of aryl methyl sites for hydroxylation is 1. The number of H-pyrrole nitrogens is 1. The van der Waals surface area contributed by atoms with Crippen LogP contribution in [-0.2, 0) is 11.3 Å². The molecule has 1 aromatic heterocycles. The summed E-state index contributed by atoms with van der Waals surface area (Å²) in [6.07, 6.45) is 0.561. The summed E-state index contributed by atoms with van der Waals surface area (Å²) in [6, 6.07) is 13.3. The third-order valence-electron chi connectivity index (χ3n) is 4.91. The summed E-state index contributed by atoms with van der Waals surface area (Å²) in [5.74, 6) is -0.698. The molecule has 1 aliphatic heterocycles. The zero-order chi connectivity index (χ0) is 19.0. The lowest BCUT2D eigenvalue weighted by molar-refractivity contribution is -0.129. The Morgan fingerprint density at radius 1 is 1.22 bits per heavy atom. The first-order valence-electron chi connectivity index (χ1n) is 8.93. The van der Waals surface area contributed by atoms with Gasteiger partial charge in [-0.1, -0.05) is 24.3 Å². The standard InChI is InChI=1S/C21H20FN3O2/c1-13-2-5-15-11-19(23-18(15)10-13)20(26)24-17-8-9-25(21(17)27)12-14-3-6-16(22)7-4-14/h2-7,10-11,17,23H,8-9,12H2,1H3,(H,24,26)/t17-/m1/s1. The molecule has 2 amide bonds. The Bertz CT molecular complexity index is 1010. The lowest BCUT2D eigenvalue weighted by Gasteiger charge is -2.17. The van der Waals surface area contributed by atoms with Gasteiger partial charge in [0.2, 0.25) is 5.91 Å². The summed E-state index contributed by atoms with van der Waals surface area (Å²) in [5.41, 5.74) is 3.32. The maximum atomic E-state index is 13.0. The summed E-state index contributed by atoms with van der Waals surface area (Å²) in [4.78, 5) is 29.9. The van der Waals surface area contributed by atoms with E-state index in [1.165, 1.54) is 12.1 Å². The van der Waals surface area contributed by atoms with E-state index >= 15 is 0 Å². The normalized spacial score (nSPS) is 16.9. The zero-order valence-electron chi connectivity index (χ0n) is 15.0. The van der Waals surface area contributed by atoms with Crippen molar-refractivity contribution in [1.82, 2.24) is 15.2 Å². The van der Waals surface area contributed by atoms with Crippen LogP contribution in [0.15, 0.2) is 48.5 Å². The van der Waals surface area contributed by atoms with Crippen molar-refractivity contribution >= 4 is 22.7 Å². The summed E-state index contributed by atoms with van der Waals surface area (Å²) in [7, 11) is 0. The number of carbonyl (C=O) groups excluding carboxylic acids is 2. The smallest absolute Gasteiger partial charge is 0.268 e. The number of carbonyl (C=O) groups is 2. The average Bonchev–Trinajstić information content (AvgIpc) is 3.21. The van der Waals surface area contributed by atoms with E-state index in [1.54, 1.807) is 23.1 Å². The molecule has 0 unspecified atom stereocenters. The largest absolute Gasteiger partial charge is 0.351 e. The molecule has 1 fully saturated rings. The van der Waals surface area contributed by atoms with Crippen LogP contribution in [-0.4, -0.2) is 34.3 Å². The van der Waals surface area contributed by atoms with Gasteiger partial charge < -0.3 is 15.2 Å². The van der Waals surface area contributed by atoms with Gasteiger partial charge in [0.15, 0.2) is 0 Å². The highest BCUT2D eigenvalue weighted by Gasteiger charge is 2.33. The van der Waals surface area contributed by atoms with E-state index in [9.17, 15) is 14.0 Å². The summed E-state index contributed by atoms with van der Waals surface area (Å²) in [5, 5.41) is 3.78. The molecule has 0 aliphatic carbocycles. The second-order valence-corrected chi connectivity index (χ2v) is 6.97. The number of nitrogens with zero attached hydrogens (tertiary/aromatic N) is 1. The van der Waals surface area contributed by atoms with E-state index in [1.807, 2.05) is 25.1 Å². The molecule has 0 saturated carbocycles. The third kappa shape index (κ3) is 3.56. The molecule has 1 saturated heterocycles. The molecule has 1 atom stereocenters. The highest BCUT2D eigenvalue weighted by atomic mass is 19.1. The van der Waals surface area contributed by atoms with E-state index in [2.05, 4.69) is 10.3 Å². The quantitative estimate of drug-likeness (QED) is 0.746. The zero-order valence-corrected chi connectivity index (χ0v) is 15.0. The fraction of sp³-hybridized carbons (Fsp3) is 0.238. The van der Waals surface area contributed by atoms with Crippen molar-refractivity contribution in [3.63, 3.8) is 0 Å². The van der Waals surface area contributed by atoms with Crippen LogP contribution in [0.25, 0.3) is 10.9 Å². The Labute approximate surface area is 156 Å². The first-order valence-corrected chi connectivity index (χ1v) is 8.93. The Morgan fingerprint density at radius 3 is 2.78 bits per heavy atom. The average molecular weight is 365 g/mol. The van der Waals surface area contributed by atoms with Crippen molar-refractivity contribution in [3.8, 4) is 0 Å². The molecule has 2 heterocycles. The number of fused-ring (bicyclic) bond motifs is 1. The van der Waals surface area contributed by atoms with Gasteiger partial charge in [0.1, 0.15) is 17.6 Å². The molecule has 0 spiro atoms. The lowest BCUT2D eigenvalue weighted by Crippen LogP contribution is -2.41. The van der Waals surface area contributed by atoms with Crippen molar-refractivity contribution in [2.24, 2.45) is 0 Å². The van der Waals surface area contributed by atoms with Gasteiger partial charge in [0.05, 0.1) is 0 Å². The number of aromatic nitrogens is 1. The lowest BCUT2D eigenvalue weighted by atomic mass is 10.2.